The fourth-order valence-corrected chi connectivity index (χ4v) is 2.11. The summed E-state index contributed by atoms with van der Waals surface area (Å²) in [5.41, 5.74) is 6.81. The molecule has 1 atom stereocenters. The van der Waals surface area contributed by atoms with Crippen molar-refractivity contribution in [3.05, 3.63) is 29.8 Å². The van der Waals surface area contributed by atoms with Crippen LogP contribution in [0, 0.1) is 5.82 Å². The molecule has 1 saturated carbocycles. The van der Waals surface area contributed by atoms with Gasteiger partial charge in [0.05, 0.1) is 11.9 Å². The quantitative estimate of drug-likeness (QED) is 0.852. The third-order valence-corrected chi connectivity index (χ3v) is 3.62. The summed E-state index contributed by atoms with van der Waals surface area (Å²) in [4.78, 5) is 6.38. The molecule has 4 heteroatoms. The van der Waals surface area contributed by atoms with E-state index >= 15 is 0 Å². The van der Waals surface area contributed by atoms with E-state index in [0.717, 1.165) is 24.7 Å². The van der Waals surface area contributed by atoms with E-state index in [9.17, 15) is 4.39 Å². The van der Waals surface area contributed by atoms with Crippen LogP contribution in [0.4, 0.5) is 4.39 Å². The van der Waals surface area contributed by atoms with E-state index in [0.29, 0.717) is 0 Å². The average Bonchev–Trinajstić information content (AvgIpc) is 2.24. The van der Waals surface area contributed by atoms with Crippen LogP contribution < -0.4 is 5.73 Å². The Morgan fingerprint density at radius 3 is 2.82 bits per heavy atom. The van der Waals surface area contributed by atoms with Crippen LogP contribution >= 0.6 is 0 Å². The zero-order valence-corrected chi connectivity index (χ0v) is 10.3. The molecule has 1 aliphatic carbocycles. The van der Waals surface area contributed by atoms with Crippen molar-refractivity contribution in [2.45, 2.75) is 37.8 Å². The molecule has 1 fully saturated rings. The van der Waals surface area contributed by atoms with Crippen molar-refractivity contribution in [2.75, 3.05) is 13.6 Å². The van der Waals surface area contributed by atoms with Crippen molar-refractivity contribution in [2.24, 2.45) is 5.73 Å². The summed E-state index contributed by atoms with van der Waals surface area (Å²) in [7, 11) is 2.15. The lowest BCUT2D eigenvalue weighted by molar-refractivity contribution is 0.155. The Labute approximate surface area is 102 Å². The highest BCUT2D eigenvalue weighted by molar-refractivity contribution is 5.09. The molecular formula is C13H20FN3. The maximum absolute atomic E-state index is 12.7. The molecule has 1 unspecified atom stereocenters. The third kappa shape index (κ3) is 3.23. The molecule has 17 heavy (non-hydrogen) atoms. The second kappa shape index (κ2) is 5.56. The lowest BCUT2D eigenvalue weighted by Gasteiger charge is -2.35. The summed E-state index contributed by atoms with van der Waals surface area (Å²) in [6.07, 6.45) is 6.05. The van der Waals surface area contributed by atoms with E-state index in [1.165, 1.54) is 31.5 Å². The monoisotopic (exact) mass is 237 g/mol. The second-order valence-corrected chi connectivity index (χ2v) is 4.86. The second-order valence-electron chi connectivity index (χ2n) is 4.86. The van der Waals surface area contributed by atoms with Gasteiger partial charge in [0.25, 0.3) is 0 Å². The van der Waals surface area contributed by atoms with E-state index in [4.69, 9.17) is 5.73 Å². The Morgan fingerprint density at radius 1 is 1.53 bits per heavy atom. The smallest absolute Gasteiger partial charge is 0.141 e. The first-order valence-corrected chi connectivity index (χ1v) is 6.24. The van der Waals surface area contributed by atoms with Gasteiger partial charge in [0.1, 0.15) is 5.82 Å². The van der Waals surface area contributed by atoms with Gasteiger partial charge >= 0.3 is 0 Å². The molecule has 2 rings (SSSR count). The number of halogens is 1. The van der Waals surface area contributed by atoms with Gasteiger partial charge < -0.3 is 10.6 Å². The Morgan fingerprint density at radius 2 is 2.29 bits per heavy atom. The van der Waals surface area contributed by atoms with Crippen LogP contribution in [0.1, 0.15) is 37.4 Å². The van der Waals surface area contributed by atoms with Gasteiger partial charge in [-0.2, -0.15) is 0 Å². The Kier molecular flexibility index (Phi) is 4.07. The number of nitrogens with two attached hydrogens (primary N) is 1. The number of aromatic nitrogens is 1. The summed E-state index contributed by atoms with van der Waals surface area (Å²) in [5.74, 6) is -0.312. The van der Waals surface area contributed by atoms with Crippen molar-refractivity contribution in [1.29, 1.82) is 0 Å². The van der Waals surface area contributed by atoms with Crippen LogP contribution in [0.15, 0.2) is 18.3 Å². The molecule has 0 amide bonds. The van der Waals surface area contributed by atoms with Crippen LogP contribution in [0.25, 0.3) is 0 Å². The van der Waals surface area contributed by atoms with Gasteiger partial charge in [0.15, 0.2) is 0 Å². The van der Waals surface area contributed by atoms with Crippen molar-refractivity contribution in [3.8, 4) is 0 Å². The van der Waals surface area contributed by atoms with E-state index in [1.807, 2.05) is 0 Å². The molecule has 0 saturated heterocycles. The minimum absolute atomic E-state index is 0.0990. The molecule has 94 valence electrons. The number of pyridine rings is 1. The van der Waals surface area contributed by atoms with Gasteiger partial charge in [0, 0.05) is 12.1 Å². The van der Waals surface area contributed by atoms with E-state index in [2.05, 4.69) is 16.9 Å². The van der Waals surface area contributed by atoms with Gasteiger partial charge in [-0.05, 0) is 45.0 Å². The molecule has 0 bridgehead atoms. The SMILES string of the molecule is CN(CCC(N)c1ccc(F)cn1)C1CCC1. The zero-order chi connectivity index (χ0) is 12.3. The normalized spacial score (nSPS) is 18.1. The average molecular weight is 237 g/mol. The summed E-state index contributed by atoms with van der Waals surface area (Å²) < 4.78 is 12.7. The first-order valence-electron chi connectivity index (χ1n) is 6.24. The van der Waals surface area contributed by atoms with Gasteiger partial charge in [-0.3, -0.25) is 4.98 Å². The predicted octanol–water partition coefficient (Wildman–Crippen LogP) is 2.09. The molecule has 1 aromatic rings. The van der Waals surface area contributed by atoms with Crippen LogP contribution in [0.3, 0.4) is 0 Å². The summed E-state index contributed by atoms with van der Waals surface area (Å²) in [6, 6.07) is 3.72. The van der Waals surface area contributed by atoms with E-state index in [1.54, 1.807) is 6.07 Å². The van der Waals surface area contributed by atoms with Crippen molar-refractivity contribution >= 4 is 0 Å². The van der Waals surface area contributed by atoms with Gasteiger partial charge in [0.2, 0.25) is 0 Å². The molecule has 1 aliphatic rings. The third-order valence-electron chi connectivity index (χ3n) is 3.62. The number of hydrogen-bond acceptors (Lipinski definition) is 3. The predicted molar refractivity (Wildman–Crippen MR) is 66.0 cm³/mol. The maximum atomic E-state index is 12.7. The van der Waals surface area contributed by atoms with Gasteiger partial charge in [-0.15, -0.1) is 0 Å². The minimum atomic E-state index is -0.312. The summed E-state index contributed by atoms with van der Waals surface area (Å²) >= 11 is 0. The van der Waals surface area contributed by atoms with E-state index in [-0.39, 0.29) is 11.9 Å². The van der Waals surface area contributed by atoms with Crippen LogP contribution in [-0.4, -0.2) is 29.5 Å². The van der Waals surface area contributed by atoms with Crippen molar-refractivity contribution in [1.82, 2.24) is 9.88 Å². The molecular weight excluding hydrogens is 217 g/mol. The Hall–Kier alpha value is -1.00. The molecule has 0 radical (unpaired) electrons. The summed E-state index contributed by atoms with van der Waals surface area (Å²) in [6.45, 7) is 0.977. The fraction of sp³-hybridized carbons (Fsp3) is 0.615. The minimum Gasteiger partial charge on any atom is -0.323 e. The van der Waals surface area contributed by atoms with Crippen LogP contribution in [-0.2, 0) is 0 Å². The maximum Gasteiger partial charge on any atom is 0.141 e. The molecule has 0 spiro atoms. The Balaban J connectivity index is 1.80. The highest BCUT2D eigenvalue weighted by Gasteiger charge is 2.22. The summed E-state index contributed by atoms with van der Waals surface area (Å²) in [5, 5.41) is 0. The molecule has 2 N–H and O–H groups in total. The van der Waals surface area contributed by atoms with Crippen molar-refractivity contribution < 1.29 is 4.39 Å². The van der Waals surface area contributed by atoms with Crippen molar-refractivity contribution in [3.63, 3.8) is 0 Å². The lowest BCUT2D eigenvalue weighted by atomic mass is 9.91. The number of nitrogens with zero attached hydrogens (tertiary/aromatic N) is 2. The Bertz CT molecular complexity index is 348. The molecule has 1 heterocycles. The largest absolute Gasteiger partial charge is 0.323 e. The number of rotatable bonds is 5. The number of hydrogen-bond donors (Lipinski definition) is 1. The first kappa shape index (κ1) is 12.5. The highest BCUT2D eigenvalue weighted by atomic mass is 19.1. The fourth-order valence-electron chi connectivity index (χ4n) is 2.11. The molecule has 1 aromatic heterocycles. The van der Waals surface area contributed by atoms with E-state index < -0.39 is 0 Å². The lowest BCUT2D eigenvalue weighted by Crippen LogP contribution is -2.38. The molecule has 3 nitrogen and oxygen atoms in total. The van der Waals surface area contributed by atoms with Crippen LogP contribution in [0.2, 0.25) is 0 Å². The van der Waals surface area contributed by atoms with Gasteiger partial charge in [-0.1, -0.05) is 6.42 Å². The zero-order valence-electron chi connectivity index (χ0n) is 10.3. The molecule has 0 aliphatic heterocycles. The topological polar surface area (TPSA) is 42.1 Å². The standard InChI is InChI=1S/C13H20FN3/c1-17(11-3-2-4-11)8-7-12(15)13-6-5-10(14)9-16-13/h5-6,9,11-12H,2-4,7-8,15H2,1H3. The van der Waals surface area contributed by atoms with Crippen LogP contribution in [0.5, 0.6) is 0 Å². The highest BCUT2D eigenvalue weighted by Crippen LogP contribution is 2.24. The molecule has 0 aromatic carbocycles. The van der Waals surface area contributed by atoms with Gasteiger partial charge in [-0.25, -0.2) is 4.39 Å². The first-order chi connectivity index (χ1) is 8.16.